The number of nitrogens with zero attached hydrogens (tertiary/aromatic N) is 1. The number of benzene rings is 2. The molecule has 3 rings (SSSR count). The summed E-state index contributed by atoms with van der Waals surface area (Å²) in [5.74, 6) is -0.531. The molecule has 2 aromatic carbocycles. The van der Waals surface area contributed by atoms with Gasteiger partial charge in [-0.05, 0) is 60.9 Å². The van der Waals surface area contributed by atoms with Gasteiger partial charge in [0.25, 0.3) is 0 Å². The van der Waals surface area contributed by atoms with Crippen LogP contribution in [-0.4, -0.2) is 18.4 Å². The largest absolute Gasteiger partial charge is 0.325 e. The van der Waals surface area contributed by atoms with E-state index in [4.69, 9.17) is 11.6 Å². The molecule has 26 heavy (non-hydrogen) atoms. The fourth-order valence-corrected chi connectivity index (χ4v) is 3.99. The minimum Gasteiger partial charge on any atom is -0.325 e. The van der Waals surface area contributed by atoms with E-state index in [0.717, 1.165) is 33.4 Å². The van der Waals surface area contributed by atoms with E-state index in [0.29, 0.717) is 11.6 Å². The van der Waals surface area contributed by atoms with Crippen molar-refractivity contribution in [3.05, 3.63) is 57.0 Å². The number of amides is 2. The maximum atomic E-state index is 12.8. The second-order valence-corrected chi connectivity index (χ2v) is 7.83. The van der Waals surface area contributed by atoms with Crippen molar-refractivity contribution in [3.63, 3.8) is 0 Å². The van der Waals surface area contributed by atoms with Gasteiger partial charge in [0.15, 0.2) is 0 Å². The lowest BCUT2D eigenvalue weighted by atomic mass is 10.0. The summed E-state index contributed by atoms with van der Waals surface area (Å²) in [5.41, 5.74) is 3.69. The molecule has 6 heteroatoms. The molecular weight excluding hydrogens is 416 g/mol. The van der Waals surface area contributed by atoms with E-state index in [1.807, 2.05) is 19.1 Å². The molecule has 0 aliphatic carbocycles. The van der Waals surface area contributed by atoms with Crippen molar-refractivity contribution in [2.45, 2.75) is 26.7 Å². The normalized spacial score (nSPS) is 16.8. The number of carbonyl (C=O) groups excluding carboxylic acids is 2. The molecule has 0 bridgehead atoms. The average Bonchev–Trinajstić information content (AvgIpc) is 2.99. The molecule has 0 aromatic heterocycles. The van der Waals surface area contributed by atoms with Gasteiger partial charge in [-0.2, -0.15) is 0 Å². The Morgan fingerprint density at radius 3 is 2.65 bits per heavy atom. The third-order valence-corrected chi connectivity index (χ3v) is 5.36. The fraction of sp³-hybridized carbons (Fsp3) is 0.300. The van der Waals surface area contributed by atoms with Gasteiger partial charge in [-0.25, -0.2) is 0 Å². The van der Waals surface area contributed by atoms with Gasteiger partial charge in [0, 0.05) is 33.8 Å². The van der Waals surface area contributed by atoms with E-state index in [-0.39, 0.29) is 24.2 Å². The molecule has 1 heterocycles. The van der Waals surface area contributed by atoms with Crippen molar-refractivity contribution < 1.29 is 9.59 Å². The zero-order chi connectivity index (χ0) is 18.8. The lowest BCUT2D eigenvalue weighted by Gasteiger charge is -2.18. The van der Waals surface area contributed by atoms with E-state index < -0.39 is 0 Å². The Bertz CT molecular complexity index is 852. The van der Waals surface area contributed by atoms with Crippen LogP contribution in [0.2, 0.25) is 5.02 Å². The van der Waals surface area contributed by atoms with Gasteiger partial charge in [0.05, 0.1) is 5.92 Å². The molecule has 0 unspecified atom stereocenters. The monoisotopic (exact) mass is 434 g/mol. The van der Waals surface area contributed by atoms with Gasteiger partial charge in [-0.1, -0.05) is 34.5 Å². The lowest BCUT2D eigenvalue weighted by molar-refractivity contribution is -0.122. The summed E-state index contributed by atoms with van der Waals surface area (Å²) in [5, 5.41) is 3.66. The van der Waals surface area contributed by atoms with Gasteiger partial charge in [0.1, 0.15) is 0 Å². The van der Waals surface area contributed by atoms with E-state index in [1.54, 1.807) is 29.2 Å². The highest BCUT2D eigenvalue weighted by Gasteiger charge is 2.35. The molecular formula is C20H20BrClN2O2. The highest BCUT2D eigenvalue weighted by molar-refractivity contribution is 9.10. The van der Waals surface area contributed by atoms with Crippen LogP contribution in [0.5, 0.6) is 0 Å². The molecule has 1 aliphatic rings. The van der Waals surface area contributed by atoms with Crippen LogP contribution in [-0.2, 0) is 16.0 Å². The Morgan fingerprint density at radius 1 is 1.31 bits per heavy atom. The van der Waals surface area contributed by atoms with E-state index >= 15 is 0 Å². The molecule has 0 radical (unpaired) electrons. The Kier molecular flexibility index (Phi) is 5.68. The highest BCUT2D eigenvalue weighted by atomic mass is 79.9. The van der Waals surface area contributed by atoms with Crippen molar-refractivity contribution in [3.8, 4) is 0 Å². The Labute approximate surface area is 166 Å². The number of anilines is 2. The van der Waals surface area contributed by atoms with Crippen LogP contribution in [0, 0.1) is 12.8 Å². The number of nitrogens with one attached hydrogen (secondary N) is 1. The summed E-state index contributed by atoms with van der Waals surface area (Å²) in [6.07, 6.45) is 1.03. The van der Waals surface area contributed by atoms with Crippen molar-refractivity contribution in [1.29, 1.82) is 0 Å². The number of aryl methyl sites for hydroxylation is 2. The third kappa shape index (κ3) is 3.94. The average molecular weight is 436 g/mol. The molecule has 0 saturated carbocycles. The summed E-state index contributed by atoms with van der Waals surface area (Å²) < 4.78 is 0.995. The van der Waals surface area contributed by atoms with Gasteiger partial charge in [-0.3, -0.25) is 9.59 Å². The van der Waals surface area contributed by atoms with Crippen molar-refractivity contribution in [2.24, 2.45) is 5.92 Å². The number of halogens is 2. The lowest BCUT2D eigenvalue weighted by Crippen LogP contribution is -2.28. The van der Waals surface area contributed by atoms with Crippen LogP contribution in [0.15, 0.2) is 40.9 Å². The first kappa shape index (κ1) is 18.9. The van der Waals surface area contributed by atoms with Crippen LogP contribution < -0.4 is 10.2 Å². The molecule has 1 N–H and O–H groups in total. The SMILES string of the molecule is CCc1cc(Br)cc(C)c1NC(=O)[C@H]1CC(=O)N(c2ccc(Cl)cc2)C1. The van der Waals surface area contributed by atoms with Crippen LogP contribution in [0.4, 0.5) is 11.4 Å². The van der Waals surface area contributed by atoms with E-state index in [1.165, 1.54) is 0 Å². The molecule has 136 valence electrons. The third-order valence-electron chi connectivity index (χ3n) is 4.65. The highest BCUT2D eigenvalue weighted by Crippen LogP contribution is 2.30. The molecule has 1 atom stereocenters. The molecule has 1 saturated heterocycles. The number of carbonyl (C=O) groups is 2. The van der Waals surface area contributed by atoms with E-state index in [2.05, 4.69) is 28.2 Å². The summed E-state index contributed by atoms with van der Waals surface area (Å²) >= 11 is 9.40. The predicted octanol–water partition coefficient (Wildman–Crippen LogP) is 4.96. The summed E-state index contributed by atoms with van der Waals surface area (Å²) in [6.45, 7) is 4.40. The quantitative estimate of drug-likeness (QED) is 0.737. The van der Waals surface area contributed by atoms with Gasteiger partial charge in [-0.15, -0.1) is 0 Å². The molecule has 2 aromatic rings. The Morgan fingerprint density at radius 2 is 2.00 bits per heavy atom. The topological polar surface area (TPSA) is 49.4 Å². The van der Waals surface area contributed by atoms with Crippen molar-refractivity contribution in [2.75, 3.05) is 16.8 Å². The number of hydrogen-bond acceptors (Lipinski definition) is 2. The number of rotatable bonds is 4. The first-order chi connectivity index (χ1) is 12.4. The minimum atomic E-state index is -0.370. The zero-order valence-electron chi connectivity index (χ0n) is 14.7. The first-order valence-electron chi connectivity index (χ1n) is 8.55. The van der Waals surface area contributed by atoms with Gasteiger partial charge >= 0.3 is 0 Å². The summed E-state index contributed by atoms with van der Waals surface area (Å²) in [7, 11) is 0. The molecule has 1 aliphatic heterocycles. The summed E-state index contributed by atoms with van der Waals surface area (Å²) in [4.78, 5) is 26.8. The standard InChI is InChI=1S/C20H20BrClN2O2/c1-3-13-9-15(21)8-12(2)19(13)23-20(26)14-10-18(25)24(11-14)17-6-4-16(22)5-7-17/h4-9,14H,3,10-11H2,1-2H3,(H,23,26)/t14-/m0/s1. The minimum absolute atomic E-state index is 0.0456. The van der Waals surface area contributed by atoms with Crippen molar-refractivity contribution >= 4 is 50.7 Å². The molecule has 2 amide bonds. The van der Waals surface area contributed by atoms with Crippen LogP contribution in [0.3, 0.4) is 0 Å². The van der Waals surface area contributed by atoms with E-state index in [9.17, 15) is 9.59 Å². The Hall–Kier alpha value is -1.85. The zero-order valence-corrected chi connectivity index (χ0v) is 17.0. The number of hydrogen-bond donors (Lipinski definition) is 1. The second-order valence-electron chi connectivity index (χ2n) is 6.48. The summed E-state index contributed by atoms with van der Waals surface area (Å²) in [6, 6.07) is 11.1. The van der Waals surface area contributed by atoms with Crippen LogP contribution in [0.25, 0.3) is 0 Å². The van der Waals surface area contributed by atoms with Crippen LogP contribution in [0.1, 0.15) is 24.5 Å². The maximum absolute atomic E-state index is 12.8. The predicted molar refractivity (Wildman–Crippen MR) is 109 cm³/mol. The molecule has 1 fully saturated rings. The maximum Gasteiger partial charge on any atom is 0.229 e. The molecule has 0 spiro atoms. The molecule has 4 nitrogen and oxygen atoms in total. The first-order valence-corrected chi connectivity index (χ1v) is 9.72. The smallest absolute Gasteiger partial charge is 0.229 e. The Balaban J connectivity index is 1.76. The van der Waals surface area contributed by atoms with Crippen molar-refractivity contribution in [1.82, 2.24) is 0 Å². The van der Waals surface area contributed by atoms with Gasteiger partial charge in [0.2, 0.25) is 11.8 Å². The van der Waals surface area contributed by atoms with Crippen LogP contribution >= 0.6 is 27.5 Å². The fourth-order valence-electron chi connectivity index (χ4n) is 3.25. The second kappa shape index (κ2) is 7.80. The van der Waals surface area contributed by atoms with Gasteiger partial charge < -0.3 is 10.2 Å².